The summed E-state index contributed by atoms with van der Waals surface area (Å²) in [6, 6.07) is 20.8. The van der Waals surface area contributed by atoms with Crippen molar-refractivity contribution in [1.29, 1.82) is 0 Å². The van der Waals surface area contributed by atoms with Gasteiger partial charge in [0.05, 0.1) is 17.1 Å². The fourth-order valence-electron chi connectivity index (χ4n) is 3.54. The van der Waals surface area contributed by atoms with E-state index < -0.39 is 17.2 Å². The van der Waals surface area contributed by atoms with Gasteiger partial charge in [0.2, 0.25) is 0 Å². The van der Waals surface area contributed by atoms with Crippen molar-refractivity contribution in [2.75, 3.05) is 0 Å². The topological polar surface area (TPSA) is 71.3 Å². The van der Waals surface area contributed by atoms with Crippen LogP contribution >= 0.6 is 0 Å². The summed E-state index contributed by atoms with van der Waals surface area (Å²) in [4.78, 5) is 25.3. The van der Waals surface area contributed by atoms with Crippen LogP contribution in [0.2, 0.25) is 0 Å². The van der Waals surface area contributed by atoms with E-state index in [4.69, 9.17) is 0 Å². The molecular weight excluding hydrogens is 352 g/mol. The van der Waals surface area contributed by atoms with Gasteiger partial charge in [-0.1, -0.05) is 54.6 Å². The molecule has 2 N–H and O–H groups in total. The van der Waals surface area contributed by atoms with Crippen LogP contribution in [0.25, 0.3) is 21.7 Å². The maximum atomic E-state index is 13.0. The monoisotopic (exact) mass is 372 g/mol. The number of rotatable bonds is 3. The van der Waals surface area contributed by atoms with Gasteiger partial charge in [-0.15, -0.1) is 0 Å². The van der Waals surface area contributed by atoms with Crippen molar-refractivity contribution in [1.82, 2.24) is 9.88 Å². The molecule has 0 spiro atoms. The van der Waals surface area contributed by atoms with E-state index in [-0.39, 0.29) is 11.6 Å². The Labute approximate surface area is 161 Å². The van der Waals surface area contributed by atoms with Crippen LogP contribution in [-0.4, -0.2) is 15.6 Å². The average molecular weight is 372 g/mol. The molecule has 1 aromatic heterocycles. The van der Waals surface area contributed by atoms with E-state index in [1.165, 1.54) is 4.57 Å². The molecule has 1 amide bonds. The predicted octanol–water partition coefficient (Wildman–Crippen LogP) is 3.89. The van der Waals surface area contributed by atoms with E-state index in [0.717, 1.165) is 16.3 Å². The number of carbonyl (C=O) groups excluding carboxylic acids is 1. The molecule has 4 rings (SSSR count). The van der Waals surface area contributed by atoms with Gasteiger partial charge in [-0.05, 0) is 35.4 Å². The number of amides is 1. The molecule has 1 heterocycles. The van der Waals surface area contributed by atoms with Crippen LogP contribution in [0.3, 0.4) is 0 Å². The highest BCUT2D eigenvalue weighted by atomic mass is 16.3. The fraction of sp³-hybridized carbons (Fsp3) is 0.130. The molecule has 0 aliphatic carbocycles. The van der Waals surface area contributed by atoms with Crippen molar-refractivity contribution in [3.05, 3.63) is 88.2 Å². The highest BCUT2D eigenvalue weighted by molar-refractivity contribution is 6.08. The van der Waals surface area contributed by atoms with Crippen molar-refractivity contribution in [2.45, 2.75) is 13.0 Å². The molecule has 3 aromatic carbocycles. The zero-order valence-corrected chi connectivity index (χ0v) is 15.6. The first-order valence-corrected chi connectivity index (χ1v) is 9.07. The van der Waals surface area contributed by atoms with E-state index >= 15 is 0 Å². The number of aromatic nitrogens is 1. The predicted molar refractivity (Wildman–Crippen MR) is 111 cm³/mol. The Morgan fingerprint density at radius 1 is 1.00 bits per heavy atom. The standard InChI is InChI=1S/C23H20N2O3/c1-14(16-12-11-15-7-3-4-8-17(15)13-16)24-22(27)20-18-9-5-6-10-19(18)25(2)23(28)21(20)26/h3-14,26H,1-2H3,(H,24,27)/t14-/m0/s1. The number of nitrogens with zero attached hydrogens (tertiary/aromatic N) is 1. The second-order valence-electron chi connectivity index (χ2n) is 6.91. The lowest BCUT2D eigenvalue weighted by atomic mass is 10.0. The zero-order valence-electron chi connectivity index (χ0n) is 15.6. The maximum Gasteiger partial charge on any atom is 0.293 e. The molecule has 0 aliphatic heterocycles. The lowest BCUT2D eigenvalue weighted by molar-refractivity contribution is 0.0938. The van der Waals surface area contributed by atoms with Gasteiger partial charge in [-0.2, -0.15) is 0 Å². The Kier molecular flexibility index (Phi) is 4.35. The molecule has 140 valence electrons. The molecule has 0 fully saturated rings. The number of aryl methyl sites for hydroxylation is 1. The van der Waals surface area contributed by atoms with Crippen molar-refractivity contribution >= 4 is 27.6 Å². The molecule has 5 nitrogen and oxygen atoms in total. The zero-order chi connectivity index (χ0) is 19.8. The molecule has 0 saturated carbocycles. The van der Waals surface area contributed by atoms with Crippen LogP contribution in [0.1, 0.15) is 28.9 Å². The summed E-state index contributed by atoms with van der Waals surface area (Å²) >= 11 is 0. The normalized spacial score (nSPS) is 12.2. The third kappa shape index (κ3) is 2.91. The third-order valence-corrected chi connectivity index (χ3v) is 5.13. The molecule has 1 atom stereocenters. The highest BCUT2D eigenvalue weighted by Gasteiger charge is 2.22. The smallest absolute Gasteiger partial charge is 0.293 e. The Bertz CT molecular complexity index is 1270. The van der Waals surface area contributed by atoms with Crippen LogP contribution in [0.15, 0.2) is 71.5 Å². The van der Waals surface area contributed by atoms with Crippen LogP contribution in [0.5, 0.6) is 5.75 Å². The number of para-hydroxylation sites is 1. The van der Waals surface area contributed by atoms with Crippen LogP contribution in [0.4, 0.5) is 0 Å². The molecule has 5 heteroatoms. The lowest BCUT2D eigenvalue weighted by Gasteiger charge is -2.17. The number of hydrogen-bond donors (Lipinski definition) is 2. The molecule has 4 aromatic rings. The molecule has 0 saturated heterocycles. The summed E-state index contributed by atoms with van der Waals surface area (Å²) in [5, 5.41) is 16.0. The summed E-state index contributed by atoms with van der Waals surface area (Å²) in [5.41, 5.74) is 0.946. The van der Waals surface area contributed by atoms with Crippen LogP contribution in [-0.2, 0) is 7.05 Å². The van der Waals surface area contributed by atoms with E-state index in [9.17, 15) is 14.7 Å². The van der Waals surface area contributed by atoms with Crippen LogP contribution < -0.4 is 10.9 Å². The fourth-order valence-corrected chi connectivity index (χ4v) is 3.54. The first-order valence-electron chi connectivity index (χ1n) is 9.07. The second kappa shape index (κ2) is 6.85. The van der Waals surface area contributed by atoms with Crippen molar-refractivity contribution < 1.29 is 9.90 Å². The Morgan fingerprint density at radius 3 is 2.46 bits per heavy atom. The summed E-state index contributed by atoms with van der Waals surface area (Å²) in [6.07, 6.45) is 0. The Morgan fingerprint density at radius 2 is 1.68 bits per heavy atom. The van der Waals surface area contributed by atoms with E-state index in [1.54, 1.807) is 31.3 Å². The number of hydrogen-bond acceptors (Lipinski definition) is 3. The van der Waals surface area contributed by atoms with Gasteiger partial charge in [0.15, 0.2) is 5.75 Å². The summed E-state index contributed by atoms with van der Waals surface area (Å²) < 4.78 is 1.34. The Balaban J connectivity index is 1.73. The Hall–Kier alpha value is -3.60. The average Bonchev–Trinajstić information content (AvgIpc) is 2.72. The van der Waals surface area contributed by atoms with Gasteiger partial charge in [0.1, 0.15) is 0 Å². The van der Waals surface area contributed by atoms with Crippen LogP contribution in [0, 0.1) is 0 Å². The summed E-state index contributed by atoms with van der Waals surface area (Å²) in [6.45, 7) is 1.88. The van der Waals surface area contributed by atoms with Gasteiger partial charge >= 0.3 is 0 Å². The maximum absolute atomic E-state index is 13.0. The van der Waals surface area contributed by atoms with Gasteiger partial charge in [-0.3, -0.25) is 9.59 Å². The van der Waals surface area contributed by atoms with E-state index in [1.807, 2.05) is 49.4 Å². The quantitative estimate of drug-likeness (QED) is 0.573. The van der Waals surface area contributed by atoms with Gasteiger partial charge < -0.3 is 15.0 Å². The molecule has 0 aliphatic rings. The lowest BCUT2D eigenvalue weighted by Crippen LogP contribution is -2.29. The van der Waals surface area contributed by atoms with Crippen molar-refractivity contribution in [3.8, 4) is 5.75 Å². The SMILES string of the molecule is C[C@H](NC(=O)c1c(O)c(=O)n(C)c2ccccc12)c1ccc2ccccc2c1. The summed E-state index contributed by atoms with van der Waals surface area (Å²) in [5.74, 6) is -1.02. The minimum Gasteiger partial charge on any atom is -0.502 e. The number of benzene rings is 3. The molecule has 0 radical (unpaired) electrons. The number of pyridine rings is 1. The molecule has 0 bridgehead atoms. The largest absolute Gasteiger partial charge is 0.502 e. The summed E-state index contributed by atoms with van der Waals surface area (Å²) in [7, 11) is 1.57. The molecular formula is C23H20N2O3. The van der Waals surface area contributed by atoms with Gasteiger partial charge in [-0.25, -0.2) is 0 Å². The minimum atomic E-state index is -0.595. The van der Waals surface area contributed by atoms with Crippen molar-refractivity contribution in [3.63, 3.8) is 0 Å². The molecule has 0 unspecified atom stereocenters. The number of nitrogens with one attached hydrogen (secondary N) is 1. The first kappa shape index (κ1) is 17.8. The number of aromatic hydroxyl groups is 1. The van der Waals surface area contributed by atoms with Gasteiger partial charge in [0.25, 0.3) is 11.5 Å². The number of carbonyl (C=O) groups is 1. The van der Waals surface area contributed by atoms with E-state index in [0.29, 0.717) is 10.9 Å². The number of fused-ring (bicyclic) bond motifs is 2. The highest BCUT2D eigenvalue weighted by Crippen LogP contribution is 2.25. The first-order chi connectivity index (χ1) is 13.5. The third-order valence-electron chi connectivity index (χ3n) is 5.13. The minimum absolute atomic E-state index is 0.00587. The van der Waals surface area contributed by atoms with E-state index in [2.05, 4.69) is 5.32 Å². The molecule has 28 heavy (non-hydrogen) atoms. The van der Waals surface area contributed by atoms with Crippen molar-refractivity contribution in [2.24, 2.45) is 7.05 Å². The second-order valence-corrected chi connectivity index (χ2v) is 6.91. The van der Waals surface area contributed by atoms with Gasteiger partial charge in [0, 0.05) is 12.4 Å².